The van der Waals surface area contributed by atoms with Crippen LogP contribution in [0.15, 0.2) is 226 Å². The summed E-state index contributed by atoms with van der Waals surface area (Å²) in [6.07, 6.45) is 0. The Balaban J connectivity index is 0.948. The van der Waals surface area contributed by atoms with Crippen LogP contribution in [-0.4, -0.2) is 15.0 Å². The highest BCUT2D eigenvalue weighted by Gasteiger charge is 2.23. The van der Waals surface area contributed by atoms with Crippen LogP contribution in [0.3, 0.4) is 0 Å². The van der Waals surface area contributed by atoms with Gasteiger partial charge in [-0.1, -0.05) is 152 Å². The Hall–Kier alpha value is -9.17. The van der Waals surface area contributed by atoms with Crippen LogP contribution in [0, 0.1) is 0 Å². The minimum Gasteiger partial charge on any atom is -0.456 e. The van der Waals surface area contributed by atoms with Crippen molar-refractivity contribution in [3.8, 4) is 67.5 Å². The van der Waals surface area contributed by atoms with Gasteiger partial charge in [-0.3, -0.25) is 0 Å². The van der Waals surface area contributed by atoms with Crippen LogP contribution in [0.5, 0.6) is 0 Å². The maximum Gasteiger partial charge on any atom is 0.164 e. The van der Waals surface area contributed by atoms with Gasteiger partial charge in [-0.05, 0) is 82.9 Å². The van der Waals surface area contributed by atoms with Gasteiger partial charge in [0.15, 0.2) is 17.5 Å². The van der Waals surface area contributed by atoms with E-state index in [4.69, 9.17) is 28.2 Å². The Morgan fingerprint density at radius 2 is 0.814 bits per heavy atom. The fourth-order valence-electron chi connectivity index (χ4n) is 10.5. The molecule has 6 nitrogen and oxygen atoms in total. The number of aromatic nitrogens is 3. The van der Waals surface area contributed by atoms with Crippen molar-refractivity contribution in [2.45, 2.75) is 0 Å². The van der Waals surface area contributed by atoms with Gasteiger partial charge in [0, 0.05) is 80.3 Å². The van der Waals surface area contributed by atoms with E-state index < -0.39 is 0 Å². The second kappa shape index (κ2) is 15.2. The second-order valence-electron chi connectivity index (χ2n) is 17.8. The van der Waals surface area contributed by atoms with Crippen LogP contribution in [0.25, 0.3) is 154 Å². The normalized spacial score (nSPS) is 12.0. The third-order valence-corrected chi connectivity index (χ3v) is 14.9. The van der Waals surface area contributed by atoms with Gasteiger partial charge < -0.3 is 13.3 Å². The molecule has 0 fully saturated rings. The summed E-state index contributed by atoms with van der Waals surface area (Å²) in [5.41, 5.74) is 13.8. The molecule has 0 unspecified atom stereocenters. The van der Waals surface area contributed by atoms with Crippen LogP contribution in [0.4, 0.5) is 0 Å². The van der Waals surface area contributed by atoms with Crippen LogP contribution in [-0.2, 0) is 0 Å². The fraction of sp³-hybridized carbons (Fsp3) is 0. The van der Waals surface area contributed by atoms with Crippen molar-refractivity contribution >= 4 is 97.3 Å². The van der Waals surface area contributed by atoms with Crippen molar-refractivity contribution in [3.05, 3.63) is 212 Å². The zero-order chi connectivity index (χ0) is 45.9. The number of furan rings is 3. The maximum absolute atomic E-state index is 7.04. The van der Waals surface area contributed by atoms with E-state index in [2.05, 4.69) is 133 Å². The van der Waals surface area contributed by atoms with E-state index in [-0.39, 0.29) is 0 Å². The van der Waals surface area contributed by atoms with Gasteiger partial charge in [-0.25, -0.2) is 15.0 Å². The van der Waals surface area contributed by atoms with Gasteiger partial charge in [0.2, 0.25) is 0 Å². The molecule has 0 N–H and O–H groups in total. The van der Waals surface area contributed by atoms with E-state index in [0.29, 0.717) is 17.5 Å². The first kappa shape index (κ1) is 38.9. The number of para-hydroxylation sites is 3. The SMILES string of the molecule is c1ccc(-c2nc(-c3ccccc3)nc(-c3ccc4c(c3)oc3c(-c5cc(-c6cc(-c7cccc8sc9ccccc9c78)c7oc8ccccc8c7c6)cc6oc7ccccc7c56)cccc34)n2)cc1. The first-order valence-corrected chi connectivity index (χ1v) is 24.1. The van der Waals surface area contributed by atoms with Crippen molar-refractivity contribution in [2.75, 3.05) is 0 Å². The van der Waals surface area contributed by atoms with E-state index in [9.17, 15) is 0 Å². The lowest BCUT2D eigenvalue weighted by Gasteiger charge is -2.12. The van der Waals surface area contributed by atoms with Gasteiger partial charge in [-0.2, -0.15) is 0 Å². The number of fused-ring (bicyclic) bond motifs is 12. The molecule has 0 aliphatic rings. The van der Waals surface area contributed by atoms with Crippen LogP contribution in [0.1, 0.15) is 0 Å². The first-order chi connectivity index (χ1) is 34.7. The summed E-state index contributed by atoms with van der Waals surface area (Å²) in [5, 5.41) is 8.70. The number of thiophene rings is 1. The minimum atomic E-state index is 0.569. The lowest BCUT2D eigenvalue weighted by Crippen LogP contribution is -2.00. The molecule has 15 rings (SSSR count). The van der Waals surface area contributed by atoms with Crippen molar-refractivity contribution in [2.24, 2.45) is 0 Å². The number of benzene rings is 10. The van der Waals surface area contributed by atoms with Crippen LogP contribution < -0.4 is 0 Å². The lowest BCUT2D eigenvalue weighted by molar-refractivity contribution is 0.669. The Labute approximate surface area is 403 Å². The average molecular weight is 914 g/mol. The molecule has 0 saturated heterocycles. The summed E-state index contributed by atoms with van der Waals surface area (Å²) in [6.45, 7) is 0. The molecule has 5 heterocycles. The molecule has 10 aromatic carbocycles. The summed E-state index contributed by atoms with van der Waals surface area (Å²) in [5.74, 6) is 1.79. The van der Waals surface area contributed by atoms with Gasteiger partial charge in [0.25, 0.3) is 0 Å². The molecule has 326 valence electrons. The third-order valence-electron chi connectivity index (χ3n) is 13.7. The fourth-order valence-corrected chi connectivity index (χ4v) is 11.6. The monoisotopic (exact) mass is 913 g/mol. The van der Waals surface area contributed by atoms with Crippen LogP contribution in [0.2, 0.25) is 0 Å². The van der Waals surface area contributed by atoms with E-state index in [1.807, 2.05) is 90.2 Å². The third kappa shape index (κ3) is 6.02. The zero-order valence-electron chi connectivity index (χ0n) is 37.2. The van der Waals surface area contributed by atoms with E-state index in [1.54, 1.807) is 0 Å². The highest BCUT2D eigenvalue weighted by atomic mass is 32.1. The largest absolute Gasteiger partial charge is 0.456 e. The Kier molecular flexibility index (Phi) is 8.43. The molecule has 7 heteroatoms. The Bertz CT molecular complexity index is 4540. The number of rotatable bonds is 6. The van der Waals surface area contributed by atoms with Gasteiger partial charge in [0.05, 0.1) is 0 Å². The molecular formula is C63H35N3O3S. The van der Waals surface area contributed by atoms with Crippen LogP contribution >= 0.6 is 11.3 Å². The van der Waals surface area contributed by atoms with E-state index >= 15 is 0 Å². The minimum absolute atomic E-state index is 0.569. The van der Waals surface area contributed by atoms with E-state index in [1.165, 1.54) is 20.2 Å². The Morgan fingerprint density at radius 1 is 0.271 bits per heavy atom. The predicted octanol–water partition coefficient (Wildman–Crippen LogP) is 17.9. The number of hydrogen-bond donors (Lipinski definition) is 0. The summed E-state index contributed by atoms with van der Waals surface area (Å²) in [7, 11) is 0. The molecular weight excluding hydrogens is 879 g/mol. The molecule has 0 spiro atoms. The summed E-state index contributed by atoms with van der Waals surface area (Å²) in [4.78, 5) is 15.0. The van der Waals surface area contributed by atoms with Gasteiger partial charge >= 0.3 is 0 Å². The predicted molar refractivity (Wildman–Crippen MR) is 287 cm³/mol. The molecule has 0 saturated carbocycles. The van der Waals surface area contributed by atoms with Crippen molar-refractivity contribution in [1.82, 2.24) is 15.0 Å². The van der Waals surface area contributed by atoms with Crippen molar-refractivity contribution in [1.29, 1.82) is 0 Å². The molecule has 15 aromatic rings. The summed E-state index contributed by atoms with van der Waals surface area (Å²) < 4.78 is 23.1. The maximum atomic E-state index is 7.04. The molecule has 0 aliphatic heterocycles. The Morgan fingerprint density at radius 3 is 1.60 bits per heavy atom. The van der Waals surface area contributed by atoms with E-state index in [0.717, 1.165) is 116 Å². The molecule has 0 aliphatic carbocycles. The molecule has 70 heavy (non-hydrogen) atoms. The molecule has 0 amide bonds. The topological polar surface area (TPSA) is 78.1 Å². The van der Waals surface area contributed by atoms with Crippen molar-refractivity contribution < 1.29 is 13.3 Å². The number of hydrogen-bond acceptors (Lipinski definition) is 7. The zero-order valence-corrected chi connectivity index (χ0v) is 38.0. The lowest BCUT2D eigenvalue weighted by atomic mass is 9.90. The summed E-state index contributed by atoms with van der Waals surface area (Å²) >= 11 is 1.82. The quantitative estimate of drug-likeness (QED) is 0.165. The standard InChI is InChI=1S/C63H35N3O3S/c1-3-15-36(16-4-1)61-64-62(37-17-5-2-6-18-37)66-63(65-61)38-29-30-42-44-23-13-24-45(59(44)69-53(42)34-38)48-31-40(35-54-57(48)46-20-8-11-26-52(46)67-54)39-32-49-41-19-7-10-25-51(41)68-60(49)50(33-39)43-22-14-28-56-58(43)47-21-9-12-27-55(47)70-56/h1-35H. The summed E-state index contributed by atoms with van der Waals surface area (Å²) in [6, 6.07) is 73.8. The smallest absolute Gasteiger partial charge is 0.164 e. The second-order valence-corrected chi connectivity index (χ2v) is 18.9. The highest BCUT2D eigenvalue weighted by Crippen LogP contribution is 2.48. The molecule has 0 radical (unpaired) electrons. The molecule has 5 aromatic heterocycles. The van der Waals surface area contributed by atoms with Crippen molar-refractivity contribution in [3.63, 3.8) is 0 Å². The first-order valence-electron chi connectivity index (χ1n) is 23.3. The number of nitrogens with zero attached hydrogens (tertiary/aromatic N) is 3. The average Bonchev–Trinajstić information content (AvgIpc) is 4.21. The van der Waals surface area contributed by atoms with Gasteiger partial charge in [-0.15, -0.1) is 11.3 Å². The molecule has 0 bridgehead atoms. The molecule has 0 atom stereocenters. The van der Waals surface area contributed by atoms with Gasteiger partial charge in [0.1, 0.15) is 33.5 Å². The highest BCUT2D eigenvalue weighted by molar-refractivity contribution is 7.26.